The van der Waals surface area contributed by atoms with Crippen LogP contribution in [-0.2, 0) is 22.6 Å². The van der Waals surface area contributed by atoms with Gasteiger partial charge in [0, 0.05) is 5.69 Å². The van der Waals surface area contributed by atoms with Gasteiger partial charge in [0.15, 0.2) is 0 Å². The number of rotatable bonds is 7. The number of ether oxygens (including phenoxy) is 1. The summed E-state index contributed by atoms with van der Waals surface area (Å²) in [5.41, 5.74) is 5.62. The van der Waals surface area contributed by atoms with Crippen molar-refractivity contribution in [2.45, 2.75) is 20.0 Å². The van der Waals surface area contributed by atoms with Gasteiger partial charge < -0.3 is 10.1 Å². The number of para-hydroxylation sites is 1. The number of hydrogen-bond acceptors (Lipinski definition) is 4. The first kappa shape index (κ1) is 20.8. The Hall–Kier alpha value is -3.93. The Morgan fingerprint density at radius 2 is 1.70 bits per heavy atom. The average Bonchev–Trinajstić information content (AvgIpc) is 2.79. The Kier molecular flexibility index (Phi) is 7.33. The summed E-state index contributed by atoms with van der Waals surface area (Å²) >= 11 is 0. The molecule has 6 nitrogen and oxygen atoms in total. The fourth-order valence-electron chi connectivity index (χ4n) is 2.77. The molecular weight excluding hydrogens is 378 g/mol. The molecule has 0 aliphatic rings. The first-order valence-electron chi connectivity index (χ1n) is 9.65. The number of carbonyl (C=O) groups excluding carboxylic acids is 2. The molecule has 0 aliphatic heterocycles. The van der Waals surface area contributed by atoms with Gasteiger partial charge in [-0.05, 0) is 41.3 Å². The summed E-state index contributed by atoms with van der Waals surface area (Å²) in [6.07, 6.45) is 2.21. The first-order valence-corrected chi connectivity index (χ1v) is 9.65. The Bertz CT molecular complexity index is 1030. The largest absolute Gasteiger partial charge is 0.489 e. The Morgan fingerprint density at radius 1 is 0.933 bits per heavy atom. The summed E-state index contributed by atoms with van der Waals surface area (Å²) in [7, 11) is 0. The van der Waals surface area contributed by atoms with Gasteiger partial charge in [-0.1, -0.05) is 67.6 Å². The molecule has 0 aromatic heterocycles. The van der Waals surface area contributed by atoms with Crippen LogP contribution in [0.2, 0.25) is 0 Å². The second-order valence-corrected chi connectivity index (χ2v) is 6.51. The van der Waals surface area contributed by atoms with E-state index in [2.05, 4.69) is 15.8 Å². The molecule has 0 atom stereocenters. The zero-order valence-electron chi connectivity index (χ0n) is 16.7. The minimum Gasteiger partial charge on any atom is -0.489 e. The van der Waals surface area contributed by atoms with Crippen LogP contribution in [0.1, 0.15) is 23.6 Å². The molecule has 3 aromatic rings. The summed E-state index contributed by atoms with van der Waals surface area (Å²) in [5, 5.41) is 6.47. The molecular formula is C24H23N3O3. The molecule has 30 heavy (non-hydrogen) atoms. The van der Waals surface area contributed by atoms with Crippen LogP contribution in [0.15, 0.2) is 84.0 Å². The lowest BCUT2D eigenvalue weighted by Crippen LogP contribution is -2.32. The highest BCUT2D eigenvalue weighted by atomic mass is 16.5. The van der Waals surface area contributed by atoms with E-state index in [-0.39, 0.29) is 0 Å². The summed E-state index contributed by atoms with van der Waals surface area (Å²) in [6.45, 7) is 2.44. The lowest BCUT2D eigenvalue weighted by molar-refractivity contribution is -0.136. The van der Waals surface area contributed by atoms with Gasteiger partial charge in [-0.2, -0.15) is 5.10 Å². The Morgan fingerprint density at radius 3 is 2.50 bits per heavy atom. The molecule has 0 aliphatic carbocycles. The number of hydrazone groups is 1. The van der Waals surface area contributed by atoms with Crippen molar-refractivity contribution < 1.29 is 14.3 Å². The monoisotopic (exact) mass is 401 g/mol. The third-order valence-corrected chi connectivity index (χ3v) is 4.34. The molecule has 2 amide bonds. The number of benzene rings is 3. The predicted molar refractivity (Wildman–Crippen MR) is 117 cm³/mol. The average molecular weight is 401 g/mol. The molecule has 0 radical (unpaired) electrons. The molecule has 0 fully saturated rings. The molecule has 0 bridgehead atoms. The van der Waals surface area contributed by atoms with Crippen molar-refractivity contribution in [1.29, 1.82) is 0 Å². The summed E-state index contributed by atoms with van der Waals surface area (Å²) in [5.74, 6) is -0.926. The van der Waals surface area contributed by atoms with E-state index in [0.29, 0.717) is 18.0 Å². The molecule has 0 saturated carbocycles. The maximum Gasteiger partial charge on any atom is 0.329 e. The normalized spacial score (nSPS) is 10.6. The van der Waals surface area contributed by atoms with Crippen molar-refractivity contribution in [3.8, 4) is 5.75 Å². The maximum atomic E-state index is 12.1. The molecule has 0 unspecified atom stereocenters. The van der Waals surface area contributed by atoms with Crippen LogP contribution < -0.4 is 15.5 Å². The summed E-state index contributed by atoms with van der Waals surface area (Å²) < 4.78 is 5.77. The Balaban J connectivity index is 1.53. The highest BCUT2D eigenvalue weighted by molar-refractivity contribution is 6.39. The van der Waals surface area contributed by atoms with E-state index < -0.39 is 11.8 Å². The minimum atomic E-state index is -0.839. The van der Waals surface area contributed by atoms with E-state index in [9.17, 15) is 9.59 Å². The van der Waals surface area contributed by atoms with Crippen molar-refractivity contribution >= 4 is 23.7 Å². The van der Waals surface area contributed by atoms with Crippen molar-refractivity contribution in [2.24, 2.45) is 5.10 Å². The second-order valence-electron chi connectivity index (χ2n) is 6.51. The van der Waals surface area contributed by atoms with Gasteiger partial charge in [-0.15, -0.1) is 0 Å². The van der Waals surface area contributed by atoms with Gasteiger partial charge in [0.2, 0.25) is 0 Å². The van der Waals surface area contributed by atoms with Gasteiger partial charge in [0.1, 0.15) is 12.4 Å². The van der Waals surface area contributed by atoms with E-state index in [0.717, 1.165) is 23.1 Å². The number of aryl methyl sites for hydroxylation is 1. The van der Waals surface area contributed by atoms with Crippen LogP contribution in [0.3, 0.4) is 0 Å². The zero-order valence-corrected chi connectivity index (χ0v) is 16.7. The van der Waals surface area contributed by atoms with Gasteiger partial charge in [0.05, 0.1) is 6.21 Å². The van der Waals surface area contributed by atoms with Crippen molar-refractivity contribution in [3.63, 3.8) is 0 Å². The third kappa shape index (κ3) is 6.04. The van der Waals surface area contributed by atoms with Gasteiger partial charge in [-0.3, -0.25) is 9.59 Å². The SMILES string of the molecule is CCc1ccccc1NC(=O)C(=O)N/N=C\c1cccc(OCc2ccccc2)c1. The van der Waals surface area contributed by atoms with Crippen molar-refractivity contribution in [1.82, 2.24) is 5.43 Å². The quantitative estimate of drug-likeness (QED) is 0.358. The van der Waals surface area contributed by atoms with Gasteiger partial charge in [0.25, 0.3) is 0 Å². The molecule has 152 valence electrons. The first-order chi connectivity index (χ1) is 14.7. The highest BCUT2D eigenvalue weighted by Gasteiger charge is 2.14. The Labute approximate surface area is 175 Å². The van der Waals surface area contributed by atoms with E-state index >= 15 is 0 Å². The highest BCUT2D eigenvalue weighted by Crippen LogP contribution is 2.15. The van der Waals surface area contributed by atoms with Crippen LogP contribution in [0, 0.1) is 0 Å². The molecule has 3 aromatic carbocycles. The van der Waals surface area contributed by atoms with E-state index in [1.54, 1.807) is 18.2 Å². The molecule has 6 heteroatoms. The van der Waals surface area contributed by atoms with E-state index in [1.807, 2.05) is 67.6 Å². The predicted octanol–water partition coefficient (Wildman–Crippen LogP) is 3.92. The molecule has 0 saturated heterocycles. The van der Waals surface area contributed by atoms with Crippen molar-refractivity contribution in [3.05, 3.63) is 95.6 Å². The molecule has 0 heterocycles. The standard InChI is InChI=1S/C24H23N3O3/c1-2-20-12-6-7-14-22(20)26-23(28)24(29)27-25-16-19-11-8-13-21(15-19)30-17-18-9-4-3-5-10-18/h3-16H,2,17H2,1H3,(H,26,28)(H,27,29)/b25-16-. The lowest BCUT2D eigenvalue weighted by atomic mass is 10.1. The molecule has 2 N–H and O–H groups in total. The van der Waals surface area contributed by atoms with Crippen LogP contribution in [0.4, 0.5) is 5.69 Å². The second kappa shape index (κ2) is 10.6. The number of nitrogens with zero attached hydrogens (tertiary/aromatic N) is 1. The fraction of sp³-hybridized carbons (Fsp3) is 0.125. The topological polar surface area (TPSA) is 79.8 Å². The fourth-order valence-corrected chi connectivity index (χ4v) is 2.77. The van der Waals surface area contributed by atoms with Crippen molar-refractivity contribution in [2.75, 3.05) is 5.32 Å². The molecule has 3 rings (SSSR count). The zero-order chi connectivity index (χ0) is 21.2. The van der Waals surface area contributed by atoms with Crippen LogP contribution in [-0.4, -0.2) is 18.0 Å². The van der Waals surface area contributed by atoms with E-state index in [4.69, 9.17) is 4.74 Å². The lowest BCUT2D eigenvalue weighted by Gasteiger charge is -2.08. The number of carbonyl (C=O) groups is 2. The molecule has 0 spiro atoms. The van der Waals surface area contributed by atoms with Crippen LogP contribution >= 0.6 is 0 Å². The van der Waals surface area contributed by atoms with Crippen LogP contribution in [0.25, 0.3) is 0 Å². The summed E-state index contributed by atoms with van der Waals surface area (Å²) in [4.78, 5) is 24.1. The number of nitrogens with one attached hydrogen (secondary N) is 2. The summed E-state index contributed by atoms with van der Waals surface area (Å²) in [6, 6.07) is 24.5. The van der Waals surface area contributed by atoms with E-state index in [1.165, 1.54) is 6.21 Å². The third-order valence-electron chi connectivity index (χ3n) is 4.34. The van der Waals surface area contributed by atoms with Gasteiger partial charge in [-0.25, -0.2) is 5.43 Å². The van der Waals surface area contributed by atoms with Gasteiger partial charge >= 0.3 is 11.8 Å². The smallest absolute Gasteiger partial charge is 0.329 e. The number of anilines is 1. The van der Waals surface area contributed by atoms with Crippen LogP contribution in [0.5, 0.6) is 5.75 Å². The minimum absolute atomic E-state index is 0.456. The maximum absolute atomic E-state index is 12.1. The number of hydrogen-bond donors (Lipinski definition) is 2. The number of amides is 2.